The Bertz CT molecular complexity index is 367. The topological polar surface area (TPSA) is 42.2 Å². The van der Waals surface area contributed by atoms with Gasteiger partial charge in [-0.15, -0.1) is 11.3 Å². The molecule has 1 atom stereocenters. The molecular formula is C13H23N3S. The first kappa shape index (κ1) is 13.0. The van der Waals surface area contributed by atoms with Crippen LogP contribution in [0.4, 0.5) is 0 Å². The second kappa shape index (κ2) is 5.04. The molecule has 1 aliphatic heterocycles. The molecule has 1 saturated heterocycles. The Balaban J connectivity index is 1.94. The lowest BCUT2D eigenvalue weighted by molar-refractivity contribution is 0.314. The largest absolute Gasteiger partial charge is 0.330 e. The van der Waals surface area contributed by atoms with Gasteiger partial charge in [0.15, 0.2) is 0 Å². The molecule has 0 aromatic carbocycles. The summed E-state index contributed by atoms with van der Waals surface area (Å²) in [5.41, 5.74) is 7.10. The predicted octanol–water partition coefficient (Wildman–Crippen LogP) is 2.22. The highest BCUT2D eigenvalue weighted by Gasteiger charge is 2.23. The van der Waals surface area contributed by atoms with Crippen LogP contribution < -0.4 is 5.73 Å². The van der Waals surface area contributed by atoms with Gasteiger partial charge in [-0.25, -0.2) is 4.98 Å². The van der Waals surface area contributed by atoms with E-state index < -0.39 is 0 Å². The average Bonchev–Trinajstić information content (AvgIpc) is 2.86. The van der Waals surface area contributed by atoms with Gasteiger partial charge < -0.3 is 5.73 Å². The molecule has 0 aliphatic carbocycles. The molecule has 0 amide bonds. The van der Waals surface area contributed by atoms with Gasteiger partial charge in [0.25, 0.3) is 0 Å². The number of aromatic nitrogens is 1. The Morgan fingerprint density at radius 3 is 2.82 bits per heavy atom. The first-order chi connectivity index (χ1) is 7.99. The fourth-order valence-corrected chi connectivity index (χ4v) is 3.10. The summed E-state index contributed by atoms with van der Waals surface area (Å²) in [6, 6.07) is 0. The molecule has 0 spiro atoms. The zero-order valence-electron chi connectivity index (χ0n) is 11.1. The second-order valence-electron chi connectivity index (χ2n) is 6.02. The van der Waals surface area contributed by atoms with Gasteiger partial charge in [-0.2, -0.15) is 0 Å². The Morgan fingerprint density at radius 2 is 2.29 bits per heavy atom. The van der Waals surface area contributed by atoms with Crippen LogP contribution in [0.15, 0.2) is 5.38 Å². The summed E-state index contributed by atoms with van der Waals surface area (Å²) >= 11 is 1.78. The van der Waals surface area contributed by atoms with Gasteiger partial charge in [-0.1, -0.05) is 20.8 Å². The number of thiazole rings is 1. The van der Waals surface area contributed by atoms with Crippen molar-refractivity contribution in [2.24, 2.45) is 11.7 Å². The minimum Gasteiger partial charge on any atom is -0.330 e. The number of hydrogen-bond donors (Lipinski definition) is 1. The lowest BCUT2D eigenvalue weighted by Crippen LogP contribution is -2.23. The summed E-state index contributed by atoms with van der Waals surface area (Å²) < 4.78 is 0. The molecule has 1 unspecified atom stereocenters. The Morgan fingerprint density at radius 1 is 1.53 bits per heavy atom. The highest BCUT2D eigenvalue weighted by atomic mass is 32.1. The minimum atomic E-state index is 0.174. The van der Waals surface area contributed by atoms with Crippen molar-refractivity contribution in [2.45, 2.75) is 39.2 Å². The molecule has 2 rings (SSSR count). The van der Waals surface area contributed by atoms with Crippen LogP contribution in [0.5, 0.6) is 0 Å². The van der Waals surface area contributed by atoms with Crippen LogP contribution in [0.2, 0.25) is 0 Å². The summed E-state index contributed by atoms with van der Waals surface area (Å²) in [5, 5.41) is 3.44. The molecule has 96 valence electrons. The minimum absolute atomic E-state index is 0.174. The zero-order chi connectivity index (χ0) is 12.5. The molecule has 4 heteroatoms. The third-order valence-corrected chi connectivity index (χ3v) is 4.60. The maximum atomic E-state index is 5.71. The Hall–Kier alpha value is -0.450. The van der Waals surface area contributed by atoms with E-state index in [-0.39, 0.29) is 5.41 Å². The number of rotatable bonds is 3. The highest BCUT2D eigenvalue weighted by Crippen LogP contribution is 2.26. The van der Waals surface area contributed by atoms with Gasteiger partial charge in [0, 0.05) is 23.9 Å². The molecule has 0 saturated carbocycles. The molecule has 2 N–H and O–H groups in total. The molecule has 0 radical (unpaired) electrons. The van der Waals surface area contributed by atoms with E-state index in [0.717, 1.165) is 19.6 Å². The first-order valence-corrected chi connectivity index (χ1v) is 7.24. The van der Waals surface area contributed by atoms with E-state index in [2.05, 4.69) is 31.1 Å². The standard InChI is InChI=1S/C13H23N3S/c1-13(2,3)12-15-11(9-17-12)8-16-5-4-10(6-14)7-16/h9-10H,4-8,14H2,1-3H3. The number of nitrogens with two attached hydrogens (primary N) is 1. The van der Waals surface area contributed by atoms with E-state index >= 15 is 0 Å². The average molecular weight is 253 g/mol. The monoisotopic (exact) mass is 253 g/mol. The molecule has 0 bridgehead atoms. The third kappa shape index (κ3) is 3.27. The maximum absolute atomic E-state index is 5.71. The van der Waals surface area contributed by atoms with Crippen LogP contribution >= 0.6 is 11.3 Å². The Labute approximate surface area is 108 Å². The Kier molecular flexibility index (Phi) is 3.85. The normalized spacial score (nSPS) is 22.2. The van der Waals surface area contributed by atoms with Crippen LogP contribution in [-0.2, 0) is 12.0 Å². The van der Waals surface area contributed by atoms with Crippen LogP contribution in [-0.4, -0.2) is 29.5 Å². The van der Waals surface area contributed by atoms with E-state index in [4.69, 9.17) is 10.7 Å². The third-order valence-electron chi connectivity index (χ3n) is 3.28. The van der Waals surface area contributed by atoms with Crippen LogP contribution in [0, 0.1) is 5.92 Å². The van der Waals surface area contributed by atoms with Gasteiger partial charge >= 0.3 is 0 Å². The van der Waals surface area contributed by atoms with E-state index in [9.17, 15) is 0 Å². The van der Waals surface area contributed by atoms with Gasteiger partial charge in [0.2, 0.25) is 0 Å². The molecule has 1 aliphatic rings. The molecule has 1 fully saturated rings. The number of hydrogen-bond acceptors (Lipinski definition) is 4. The van der Waals surface area contributed by atoms with Crippen molar-refractivity contribution < 1.29 is 0 Å². The quantitative estimate of drug-likeness (QED) is 0.898. The van der Waals surface area contributed by atoms with Gasteiger partial charge in [-0.05, 0) is 25.4 Å². The van der Waals surface area contributed by atoms with Gasteiger partial charge in [0.1, 0.15) is 0 Å². The fourth-order valence-electron chi connectivity index (χ4n) is 2.20. The molecule has 3 nitrogen and oxygen atoms in total. The van der Waals surface area contributed by atoms with Crippen molar-refractivity contribution in [1.29, 1.82) is 0 Å². The molecule has 2 heterocycles. The van der Waals surface area contributed by atoms with Crippen molar-refractivity contribution in [3.8, 4) is 0 Å². The van der Waals surface area contributed by atoms with Crippen molar-refractivity contribution in [1.82, 2.24) is 9.88 Å². The van der Waals surface area contributed by atoms with Crippen molar-refractivity contribution in [3.63, 3.8) is 0 Å². The molecule has 17 heavy (non-hydrogen) atoms. The van der Waals surface area contributed by atoms with Crippen LogP contribution in [0.25, 0.3) is 0 Å². The summed E-state index contributed by atoms with van der Waals surface area (Å²) in [7, 11) is 0. The van der Waals surface area contributed by atoms with E-state index in [1.54, 1.807) is 11.3 Å². The summed E-state index contributed by atoms with van der Waals surface area (Å²) in [4.78, 5) is 7.21. The maximum Gasteiger partial charge on any atom is 0.0982 e. The zero-order valence-corrected chi connectivity index (χ0v) is 11.9. The lowest BCUT2D eigenvalue weighted by atomic mass is 9.98. The van der Waals surface area contributed by atoms with Crippen LogP contribution in [0.3, 0.4) is 0 Å². The fraction of sp³-hybridized carbons (Fsp3) is 0.769. The first-order valence-electron chi connectivity index (χ1n) is 6.36. The summed E-state index contributed by atoms with van der Waals surface area (Å²) in [5.74, 6) is 0.690. The lowest BCUT2D eigenvalue weighted by Gasteiger charge is -2.15. The number of nitrogens with zero attached hydrogens (tertiary/aromatic N) is 2. The van der Waals surface area contributed by atoms with Crippen molar-refractivity contribution >= 4 is 11.3 Å². The number of likely N-dealkylation sites (tertiary alicyclic amines) is 1. The molecule has 1 aromatic heterocycles. The molecular weight excluding hydrogens is 230 g/mol. The van der Waals surface area contributed by atoms with E-state index in [0.29, 0.717) is 5.92 Å². The summed E-state index contributed by atoms with van der Waals surface area (Å²) in [6.07, 6.45) is 1.24. The predicted molar refractivity (Wildman–Crippen MR) is 73.3 cm³/mol. The highest BCUT2D eigenvalue weighted by molar-refractivity contribution is 7.09. The van der Waals surface area contributed by atoms with Crippen molar-refractivity contribution in [3.05, 3.63) is 16.1 Å². The molecule has 1 aromatic rings. The van der Waals surface area contributed by atoms with E-state index in [1.807, 2.05) is 0 Å². The van der Waals surface area contributed by atoms with Gasteiger partial charge in [-0.3, -0.25) is 4.90 Å². The summed E-state index contributed by atoms with van der Waals surface area (Å²) in [6.45, 7) is 10.8. The van der Waals surface area contributed by atoms with E-state index in [1.165, 1.54) is 23.7 Å². The van der Waals surface area contributed by atoms with Gasteiger partial charge in [0.05, 0.1) is 10.7 Å². The SMILES string of the molecule is CC(C)(C)c1nc(CN2CCC(CN)C2)cs1. The van der Waals surface area contributed by atoms with Crippen LogP contribution in [0.1, 0.15) is 37.9 Å². The smallest absolute Gasteiger partial charge is 0.0982 e. The van der Waals surface area contributed by atoms with Crippen molar-refractivity contribution in [2.75, 3.05) is 19.6 Å². The second-order valence-corrected chi connectivity index (χ2v) is 6.88.